The standard InChI is InChI=1S/C35H45F6N5O4/c1-3-26-17-28(18-27(4-2)46(26)33(49)50-30-10-8-23(9-11-30)31(47)48)45(32-42-19-29(20-43-32)44-12-6-5-7-13-44)21-22-14-24(34(36,37)38)16-25(15-22)35(39,40)41/h14-16,19-20,23,26-28,30H,3-13,17-18,21H2,1-2H3,(H,47,48)/t23-,26-,27+,28+,30-. The molecule has 0 bridgehead atoms. The highest BCUT2D eigenvalue weighted by Crippen LogP contribution is 2.39. The predicted octanol–water partition coefficient (Wildman–Crippen LogP) is 8.31. The summed E-state index contributed by atoms with van der Waals surface area (Å²) in [6, 6.07) is 0.489. The maximum atomic E-state index is 13.8. The molecule has 2 aromatic rings. The van der Waals surface area contributed by atoms with E-state index in [1.54, 1.807) is 22.2 Å². The number of alkyl halides is 6. The Kier molecular flexibility index (Phi) is 11.7. The fourth-order valence-corrected chi connectivity index (χ4v) is 7.61. The minimum atomic E-state index is -4.99. The van der Waals surface area contributed by atoms with Crippen molar-refractivity contribution in [3.8, 4) is 0 Å². The van der Waals surface area contributed by atoms with Gasteiger partial charge >= 0.3 is 24.4 Å². The maximum absolute atomic E-state index is 13.8. The molecule has 1 amide bonds. The van der Waals surface area contributed by atoms with Gasteiger partial charge in [0.2, 0.25) is 5.95 Å². The molecule has 3 heterocycles. The molecule has 0 unspecified atom stereocenters. The zero-order valence-corrected chi connectivity index (χ0v) is 28.3. The van der Waals surface area contributed by atoms with Crippen molar-refractivity contribution >= 4 is 23.7 Å². The molecule has 5 rings (SSSR count). The second-order valence-electron chi connectivity index (χ2n) is 13.7. The van der Waals surface area contributed by atoms with Crippen molar-refractivity contribution in [2.75, 3.05) is 22.9 Å². The third-order valence-corrected chi connectivity index (χ3v) is 10.4. The fraction of sp³-hybridized carbons (Fsp3) is 0.657. The van der Waals surface area contributed by atoms with Crippen LogP contribution >= 0.6 is 0 Å². The molecule has 1 saturated carbocycles. The summed E-state index contributed by atoms with van der Waals surface area (Å²) in [5, 5.41) is 9.33. The molecular weight excluding hydrogens is 668 g/mol. The van der Waals surface area contributed by atoms with Crippen LogP contribution in [-0.2, 0) is 28.4 Å². The number of benzene rings is 1. The lowest BCUT2D eigenvalue weighted by atomic mass is 9.87. The Hall–Kier alpha value is -3.78. The number of aromatic nitrogens is 2. The summed E-state index contributed by atoms with van der Waals surface area (Å²) in [5.41, 5.74) is -2.18. The summed E-state index contributed by atoms with van der Waals surface area (Å²) >= 11 is 0. The molecule has 3 fully saturated rings. The normalized spacial score (nSPS) is 24.9. The maximum Gasteiger partial charge on any atom is 0.416 e. The van der Waals surface area contributed by atoms with Crippen LogP contribution in [0.4, 0.5) is 42.8 Å². The Bertz CT molecular complexity index is 1410. The molecule has 1 aliphatic carbocycles. The van der Waals surface area contributed by atoms with Gasteiger partial charge in [-0.05, 0) is 94.4 Å². The van der Waals surface area contributed by atoms with Gasteiger partial charge < -0.3 is 24.5 Å². The van der Waals surface area contributed by atoms with Crippen LogP contribution in [0.5, 0.6) is 0 Å². The molecular formula is C35H45F6N5O4. The van der Waals surface area contributed by atoms with Crippen molar-refractivity contribution in [1.82, 2.24) is 14.9 Å². The van der Waals surface area contributed by atoms with E-state index in [-0.39, 0.29) is 36.2 Å². The molecule has 15 heteroatoms. The number of anilines is 2. The zero-order valence-electron chi connectivity index (χ0n) is 28.3. The average molecular weight is 714 g/mol. The van der Waals surface area contributed by atoms with Crippen LogP contribution < -0.4 is 9.80 Å². The fourth-order valence-electron chi connectivity index (χ4n) is 7.61. The van der Waals surface area contributed by atoms with E-state index in [9.17, 15) is 41.0 Å². The monoisotopic (exact) mass is 713 g/mol. The molecule has 3 aliphatic rings. The van der Waals surface area contributed by atoms with Gasteiger partial charge in [-0.15, -0.1) is 0 Å². The lowest BCUT2D eigenvalue weighted by Gasteiger charge is -2.47. The van der Waals surface area contributed by atoms with E-state index in [0.29, 0.717) is 51.4 Å². The van der Waals surface area contributed by atoms with Crippen LogP contribution in [0.1, 0.15) is 101 Å². The molecule has 1 aromatic carbocycles. The largest absolute Gasteiger partial charge is 0.481 e. The first-order valence-corrected chi connectivity index (χ1v) is 17.5. The molecule has 1 N–H and O–H groups in total. The molecule has 2 saturated heterocycles. The van der Waals surface area contributed by atoms with Gasteiger partial charge in [0.05, 0.1) is 35.1 Å². The second kappa shape index (κ2) is 15.6. The highest BCUT2D eigenvalue weighted by atomic mass is 19.4. The van der Waals surface area contributed by atoms with Crippen molar-refractivity contribution < 1.29 is 45.8 Å². The number of amides is 1. The Morgan fingerprint density at radius 1 is 0.860 bits per heavy atom. The quantitative estimate of drug-likeness (QED) is 0.259. The number of carboxylic acids is 1. The lowest BCUT2D eigenvalue weighted by molar-refractivity contribution is -0.144. The highest BCUT2D eigenvalue weighted by Gasteiger charge is 2.42. The average Bonchev–Trinajstić information content (AvgIpc) is 3.09. The number of rotatable bonds is 9. The van der Waals surface area contributed by atoms with Gasteiger partial charge in [0.1, 0.15) is 6.10 Å². The number of ether oxygens (including phenoxy) is 1. The number of carbonyl (C=O) groups excluding carboxylic acids is 1. The molecule has 1 aromatic heterocycles. The van der Waals surface area contributed by atoms with Crippen molar-refractivity contribution in [3.05, 3.63) is 47.3 Å². The summed E-state index contributed by atoms with van der Waals surface area (Å²) in [5.74, 6) is -1.14. The first-order valence-electron chi connectivity index (χ1n) is 17.5. The minimum absolute atomic E-state index is 0.121. The second-order valence-corrected chi connectivity index (χ2v) is 13.7. The van der Waals surface area contributed by atoms with Crippen LogP contribution in [0.25, 0.3) is 0 Å². The van der Waals surface area contributed by atoms with E-state index >= 15 is 0 Å². The SMILES string of the molecule is CC[C@@H]1C[C@H](N(Cc2cc(C(F)(F)F)cc(C(F)(F)F)c2)c2ncc(N3CCCCC3)cn2)C[C@H](CC)N1C(=O)O[C@H]1CC[C@H](C(=O)O)CC1. The molecule has 50 heavy (non-hydrogen) atoms. The molecule has 0 spiro atoms. The van der Waals surface area contributed by atoms with Gasteiger partial charge in [-0.25, -0.2) is 14.8 Å². The molecule has 9 nitrogen and oxygen atoms in total. The summed E-state index contributed by atoms with van der Waals surface area (Å²) in [4.78, 5) is 39.8. The molecule has 0 radical (unpaired) electrons. The zero-order chi connectivity index (χ0) is 36.2. The van der Waals surface area contributed by atoms with Crippen LogP contribution in [0.3, 0.4) is 0 Å². The number of aliphatic carboxylic acids is 1. The van der Waals surface area contributed by atoms with E-state index in [1.807, 2.05) is 13.8 Å². The first kappa shape index (κ1) is 37.5. The number of carbonyl (C=O) groups is 2. The Labute approximate surface area is 288 Å². The van der Waals surface area contributed by atoms with Gasteiger partial charge in [0, 0.05) is 37.8 Å². The van der Waals surface area contributed by atoms with Crippen molar-refractivity contribution in [2.45, 2.75) is 128 Å². The molecule has 276 valence electrons. The van der Waals surface area contributed by atoms with Crippen LogP contribution in [-0.4, -0.2) is 69.4 Å². The smallest absolute Gasteiger partial charge is 0.416 e. The number of piperidine rings is 2. The number of halogens is 6. The number of nitrogens with zero attached hydrogens (tertiary/aromatic N) is 5. The summed E-state index contributed by atoms with van der Waals surface area (Å²) in [7, 11) is 0. The number of hydrogen-bond acceptors (Lipinski definition) is 7. The first-order chi connectivity index (χ1) is 23.7. The van der Waals surface area contributed by atoms with E-state index in [2.05, 4.69) is 14.9 Å². The number of likely N-dealkylation sites (tertiary alicyclic amines) is 1. The number of hydrogen-bond donors (Lipinski definition) is 1. The van der Waals surface area contributed by atoms with E-state index in [4.69, 9.17) is 4.74 Å². The number of carboxylic acid groups (broad SMARTS) is 1. The van der Waals surface area contributed by atoms with Gasteiger partial charge in [0.15, 0.2) is 0 Å². The van der Waals surface area contributed by atoms with Gasteiger partial charge in [-0.3, -0.25) is 4.79 Å². The summed E-state index contributed by atoms with van der Waals surface area (Å²) < 4.78 is 88.8. The van der Waals surface area contributed by atoms with Crippen molar-refractivity contribution in [1.29, 1.82) is 0 Å². The van der Waals surface area contributed by atoms with Crippen LogP contribution in [0.2, 0.25) is 0 Å². The Balaban J connectivity index is 1.44. The van der Waals surface area contributed by atoms with Crippen molar-refractivity contribution in [2.24, 2.45) is 5.92 Å². The topological polar surface area (TPSA) is 99.1 Å². The predicted molar refractivity (Wildman–Crippen MR) is 174 cm³/mol. The van der Waals surface area contributed by atoms with Crippen molar-refractivity contribution in [3.63, 3.8) is 0 Å². The van der Waals surface area contributed by atoms with Gasteiger partial charge in [-0.1, -0.05) is 13.8 Å². The van der Waals surface area contributed by atoms with E-state index in [0.717, 1.165) is 50.2 Å². The highest BCUT2D eigenvalue weighted by molar-refractivity contribution is 5.70. The molecule has 3 atom stereocenters. The lowest BCUT2D eigenvalue weighted by Crippen LogP contribution is -2.57. The van der Waals surface area contributed by atoms with Gasteiger partial charge in [-0.2, -0.15) is 26.3 Å². The van der Waals surface area contributed by atoms with Crippen LogP contribution in [0, 0.1) is 5.92 Å². The summed E-state index contributed by atoms with van der Waals surface area (Å²) in [6.07, 6.45) is -0.940. The third-order valence-electron chi connectivity index (χ3n) is 10.4. The van der Waals surface area contributed by atoms with E-state index in [1.165, 1.54) is 0 Å². The molecule has 2 aliphatic heterocycles. The van der Waals surface area contributed by atoms with Gasteiger partial charge in [0.25, 0.3) is 0 Å². The minimum Gasteiger partial charge on any atom is -0.481 e. The Morgan fingerprint density at radius 3 is 1.88 bits per heavy atom. The Morgan fingerprint density at radius 2 is 1.40 bits per heavy atom. The van der Waals surface area contributed by atoms with Crippen LogP contribution in [0.15, 0.2) is 30.6 Å². The summed E-state index contributed by atoms with van der Waals surface area (Å²) in [6.45, 7) is 5.18. The third kappa shape index (κ3) is 8.92. The van der Waals surface area contributed by atoms with E-state index < -0.39 is 53.6 Å².